The molecule has 160 valence electrons. The lowest BCUT2D eigenvalue weighted by Crippen LogP contribution is -2.35. The van der Waals surface area contributed by atoms with Gasteiger partial charge in [-0.1, -0.05) is 12.1 Å². The minimum Gasteiger partial charge on any atom is -0.465 e. The number of carbonyl (C=O) groups excluding carboxylic acids is 2. The van der Waals surface area contributed by atoms with Gasteiger partial charge in [0, 0.05) is 19.5 Å². The van der Waals surface area contributed by atoms with Crippen molar-refractivity contribution in [3.63, 3.8) is 0 Å². The molecule has 10 nitrogen and oxygen atoms in total. The number of benzene rings is 1. The van der Waals surface area contributed by atoms with Crippen LogP contribution < -0.4 is 0 Å². The average molecular weight is 436 g/mol. The quantitative estimate of drug-likeness (QED) is 0.377. The van der Waals surface area contributed by atoms with Crippen LogP contribution in [-0.2, 0) is 29.1 Å². The van der Waals surface area contributed by atoms with E-state index >= 15 is 0 Å². The molecule has 2 aliphatic rings. The summed E-state index contributed by atoms with van der Waals surface area (Å²) in [6.45, 7) is 4.45. The van der Waals surface area contributed by atoms with Crippen LogP contribution in [0.1, 0.15) is 27.2 Å². The third-order valence-electron chi connectivity index (χ3n) is 4.91. The summed E-state index contributed by atoms with van der Waals surface area (Å²) in [7, 11) is -4.37. The smallest absolute Gasteiger partial charge is 0.322 e. The molecule has 3 rings (SSSR count). The fraction of sp³-hybridized carbons (Fsp3) is 0.368. The highest BCUT2D eigenvalue weighted by atomic mass is 32.2. The molecule has 0 fully saturated rings. The molecular weight excluding hydrogens is 416 g/mol. The van der Waals surface area contributed by atoms with Crippen molar-refractivity contribution in [3.8, 4) is 0 Å². The minimum atomic E-state index is -4.37. The van der Waals surface area contributed by atoms with Crippen molar-refractivity contribution in [2.45, 2.75) is 32.1 Å². The Morgan fingerprint density at radius 2 is 1.97 bits per heavy atom. The number of nitro benzene ring substituents is 1. The van der Waals surface area contributed by atoms with E-state index in [9.17, 15) is 28.1 Å². The predicted octanol–water partition coefficient (Wildman–Crippen LogP) is 2.27. The van der Waals surface area contributed by atoms with Gasteiger partial charge in [-0.25, -0.2) is 8.42 Å². The van der Waals surface area contributed by atoms with Gasteiger partial charge in [-0.2, -0.15) is 0 Å². The first-order valence-corrected chi connectivity index (χ1v) is 10.6. The number of nitrogens with zero attached hydrogens (tertiary/aromatic N) is 2. The molecule has 1 atom stereocenters. The highest BCUT2D eigenvalue weighted by molar-refractivity contribution is 7.89. The van der Waals surface area contributed by atoms with Crippen molar-refractivity contribution in [3.05, 3.63) is 57.0 Å². The third kappa shape index (κ3) is 3.45. The number of esters is 2. The second-order valence-electron chi connectivity index (χ2n) is 6.68. The Hall–Kier alpha value is -3.21. The predicted molar refractivity (Wildman–Crippen MR) is 103 cm³/mol. The Morgan fingerprint density at radius 1 is 1.30 bits per heavy atom. The zero-order valence-electron chi connectivity index (χ0n) is 16.6. The topological polar surface area (TPSA) is 133 Å². The lowest BCUT2D eigenvalue weighted by molar-refractivity contribution is -0.387. The van der Waals surface area contributed by atoms with Gasteiger partial charge in [-0.15, -0.1) is 0 Å². The lowest BCUT2D eigenvalue weighted by Gasteiger charge is -2.26. The molecule has 0 radical (unpaired) electrons. The van der Waals surface area contributed by atoms with Gasteiger partial charge in [-0.3, -0.25) is 24.0 Å². The lowest BCUT2D eigenvalue weighted by atomic mass is 10.1. The average Bonchev–Trinajstić information content (AvgIpc) is 3.22. The van der Waals surface area contributed by atoms with Gasteiger partial charge in [0.25, 0.3) is 15.7 Å². The molecule has 0 amide bonds. The van der Waals surface area contributed by atoms with Crippen LogP contribution in [-0.4, -0.2) is 42.7 Å². The standard InChI is InChI=1S/C19H20N2O8S/c1-4-28-19(23)16-17-13(11(2)18(16)29-12(3)22)9-10-20(17)30(26,27)15-8-6-5-7-14(15)21(24)25/h5-8,16H,4,9-10H2,1-3H3. The molecule has 0 aromatic heterocycles. The van der Waals surface area contributed by atoms with Crippen LogP contribution in [0.15, 0.2) is 51.8 Å². The van der Waals surface area contributed by atoms with Crippen LogP contribution in [0.25, 0.3) is 0 Å². The van der Waals surface area contributed by atoms with Gasteiger partial charge in [0.1, 0.15) is 5.76 Å². The number of allylic oxidation sites excluding steroid dienone is 1. The monoisotopic (exact) mass is 436 g/mol. The molecule has 0 saturated heterocycles. The summed E-state index contributed by atoms with van der Waals surface area (Å²) in [6.07, 6.45) is 0.266. The number of carbonyl (C=O) groups is 2. The van der Waals surface area contributed by atoms with Gasteiger partial charge in [0.15, 0.2) is 10.8 Å². The van der Waals surface area contributed by atoms with Gasteiger partial charge < -0.3 is 9.47 Å². The molecule has 1 aliphatic carbocycles. The number of hydrogen-bond acceptors (Lipinski definition) is 8. The first kappa shape index (κ1) is 21.5. The molecule has 30 heavy (non-hydrogen) atoms. The van der Waals surface area contributed by atoms with E-state index in [1.807, 2.05) is 0 Å². The second kappa shape index (κ2) is 7.90. The molecule has 11 heteroatoms. The first-order valence-electron chi connectivity index (χ1n) is 9.16. The molecule has 0 N–H and O–H groups in total. The number of sulfonamides is 1. The number of ether oxygens (including phenoxy) is 2. The Balaban J connectivity index is 2.12. The van der Waals surface area contributed by atoms with Crippen LogP contribution in [0.2, 0.25) is 0 Å². The number of hydrogen-bond donors (Lipinski definition) is 0. The maximum Gasteiger partial charge on any atom is 0.322 e. The van der Waals surface area contributed by atoms with Crippen LogP contribution in [0.3, 0.4) is 0 Å². The Morgan fingerprint density at radius 3 is 2.57 bits per heavy atom. The van der Waals surface area contributed by atoms with Crippen molar-refractivity contribution in [2.24, 2.45) is 5.92 Å². The largest absolute Gasteiger partial charge is 0.465 e. The van der Waals surface area contributed by atoms with Crippen molar-refractivity contribution in [2.75, 3.05) is 13.2 Å². The number of para-hydroxylation sites is 1. The zero-order valence-corrected chi connectivity index (χ0v) is 17.4. The van der Waals surface area contributed by atoms with Crippen molar-refractivity contribution in [1.82, 2.24) is 4.31 Å². The fourth-order valence-electron chi connectivity index (χ4n) is 3.73. The molecule has 1 aliphatic heterocycles. The van der Waals surface area contributed by atoms with E-state index in [-0.39, 0.29) is 31.0 Å². The van der Waals surface area contributed by atoms with Crippen LogP contribution in [0, 0.1) is 16.0 Å². The molecular formula is C19H20N2O8S. The van der Waals surface area contributed by atoms with E-state index in [1.54, 1.807) is 13.8 Å². The van der Waals surface area contributed by atoms with E-state index in [0.717, 1.165) is 16.4 Å². The molecule has 1 aromatic carbocycles. The van der Waals surface area contributed by atoms with Gasteiger partial charge in [-0.05, 0) is 37.5 Å². The normalized spacial score (nSPS) is 18.5. The van der Waals surface area contributed by atoms with E-state index in [4.69, 9.17) is 9.47 Å². The Bertz CT molecular complexity index is 1100. The summed E-state index contributed by atoms with van der Waals surface area (Å²) in [5, 5.41) is 11.4. The van der Waals surface area contributed by atoms with E-state index in [0.29, 0.717) is 11.1 Å². The van der Waals surface area contributed by atoms with Crippen molar-refractivity contribution in [1.29, 1.82) is 0 Å². The Kier molecular flexibility index (Phi) is 5.66. The van der Waals surface area contributed by atoms with Crippen LogP contribution in [0.4, 0.5) is 5.69 Å². The zero-order chi connectivity index (χ0) is 22.2. The highest BCUT2D eigenvalue weighted by Crippen LogP contribution is 2.47. The number of rotatable bonds is 6. The third-order valence-corrected chi connectivity index (χ3v) is 6.77. The van der Waals surface area contributed by atoms with E-state index < -0.39 is 43.4 Å². The summed E-state index contributed by atoms with van der Waals surface area (Å²) in [5.74, 6) is -2.65. The van der Waals surface area contributed by atoms with Gasteiger partial charge in [0.2, 0.25) is 0 Å². The minimum absolute atomic E-state index is 0.000352. The first-order chi connectivity index (χ1) is 14.1. The molecule has 1 unspecified atom stereocenters. The second-order valence-corrected chi connectivity index (χ2v) is 8.51. The molecule has 0 spiro atoms. The summed E-state index contributed by atoms with van der Waals surface area (Å²) in [6, 6.07) is 5.00. The van der Waals surface area contributed by atoms with E-state index in [1.165, 1.54) is 19.1 Å². The Labute approximate surface area is 173 Å². The van der Waals surface area contributed by atoms with Crippen molar-refractivity contribution < 1.29 is 32.4 Å². The molecule has 1 heterocycles. The molecule has 1 aromatic rings. The van der Waals surface area contributed by atoms with Gasteiger partial charge in [0.05, 0.1) is 17.2 Å². The van der Waals surface area contributed by atoms with Crippen LogP contribution in [0.5, 0.6) is 0 Å². The SMILES string of the molecule is CCOC(=O)C1C(OC(C)=O)=C(C)C2=C1N(S(=O)(=O)c1ccccc1[N+](=O)[O-])CC2. The van der Waals surface area contributed by atoms with Crippen molar-refractivity contribution >= 4 is 27.6 Å². The maximum absolute atomic E-state index is 13.4. The summed E-state index contributed by atoms with van der Waals surface area (Å²) in [4.78, 5) is 34.4. The highest BCUT2D eigenvalue weighted by Gasteiger charge is 2.49. The maximum atomic E-state index is 13.4. The van der Waals surface area contributed by atoms with Crippen LogP contribution >= 0.6 is 0 Å². The summed E-state index contributed by atoms with van der Waals surface area (Å²) in [5.41, 5.74) is 0.576. The molecule has 0 bridgehead atoms. The molecule has 0 saturated carbocycles. The summed E-state index contributed by atoms with van der Waals surface area (Å²) < 4.78 is 38.1. The van der Waals surface area contributed by atoms with E-state index in [2.05, 4.69) is 0 Å². The van der Waals surface area contributed by atoms with Gasteiger partial charge >= 0.3 is 11.9 Å². The fourth-order valence-corrected chi connectivity index (χ4v) is 5.43. The summed E-state index contributed by atoms with van der Waals surface area (Å²) >= 11 is 0. The number of nitro groups is 1.